The van der Waals surface area contributed by atoms with E-state index in [0.717, 1.165) is 18.5 Å². The molecule has 1 aliphatic rings. The first-order valence-corrected chi connectivity index (χ1v) is 7.92. The summed E-state index contributed by atoms with van der Waals surface area (Å²) in [5.41, 5.74) is 1.49. The SMILES string of the molecule is CC(C)c1cc(C(=O)NC2CCCCCC2)cc(Cl)n1. The Balaban J connectivity index is 2.08. The number of nitrogens with one attached hydrogen (secondary N) is 1. The Labute approximate surface area is 126 Å². The number of halogens is 1. The molecule has 1 amide bonds. The molecule has 1 aliphatic carbocycles. The van der Waals surface area contributed by atoms with Gasteiger partial charge in [-0.2, -0.15) is 0 Å². The molecule has 0 spiro atoms. The van der Waals surface area contributed by atoms with Crippen LogP contribution in [-0.2, 0) is 0 Å². The second-order valence-electron chi connectivity index (χ2n) is 5.92. The van der Waals surface area contributed by atoms with E-state index in [1.165, 1.54) is 25.7 Å². The van der Waals surface area contributed by atoms with Crippen molar-refractivity contribution < 1.29 is 4.79 Å². The number of nitrogens with zero attached hydrogens (tertiary/aromatic N) is 1. The Hall–Kier alpha value is -1.09. The highest BCUT2D eigenvalue weighted by Crippen LogP contribution is 2.20. The molecule has 1 aromatic heterocycles. The van der Waals surface area contributed by atoms with Crippen LogP contribution in [0.25, 0.3) is 0 Å². The van der Waals surface area contributed by atoms with Gasteiger partial charge in [-0.25, -0.2) is 4.98 Å². The molecule has 0 unspecified atom stereocenters. The van der Waals surface area contributed by atoms with E-state index in [1.807, 2.05) is 19.9 Å². The molecule has 4 heteroatoms. The van der Waals surface area contributed by atoms with Crippen LogP contribution in [0.3, 0.4) is 0 Å². The Morgan fingerprint density at radius 3 is 2.50 bits per heavy atom. The van der Waals surface area contributed by atoms with Crippen molar-refractivity contribution in [3.8, 4) is 0 Å². The van der Waals surface area contributed by atoms with Gasteiger partial charge in [0.25, 0.3) is 5.91 Å². The number of pyridine rings is 1. The third kappa shape index (κ3) is 4.20. The first-order chi connectivity index (χ1) is 9.56. The molecule has 0 saturated heterocycles. The number of aromatic nitrogens is 1. The summed E-state index contributed by atoms with van der Waals surface area (Å²) in [5.74, 6) is 0.237. The summed E-state index contributed by atoms with van der Waals surface area (Å²) >= 11 is 6.02. The number of carbonyl (C=O) groups excluding carboxylic acids is 1. The quantitative estimate of drug-likeness (QED) is 0.666. The van der Waals surface area contributed by atoms with E-state index in [0.29, 0.717) is 16.8 Å². The lowest BCUT2D eigenvalue weighted by atomic mass is 10.1. The van der Waals surface area contributed by atoms with E-state index in [9.17, 15) is 4.79 Å². The molecule has 110 valence electrons. The van der Waals surface area contributed by atoms with Gasteiger partial charge >= 0.3 is 0 Å². The molecule has 1 saturated carbocycles. The molecule has 1 heterocycles. The van der Waals surface area contributed by atoms with Crippen LogP contribution in [0.1, 0.15) is 74.3 Å². The van der Waals surface area contributed by atoms with Crippen molar-refractivity contribution in [3.05, 3.63) is 28.5 Å². The maximum atomic E-state index is 12.4. The van der Waals surface area contributed by atoms with E-state index >= 15 is 0 Å². The summed E-state index contributed by atoms with van der Waals surface area (Å²) in [5, 5.41) is 3.53. The van der Waals surface area contributed by atoms with Gasteiger partial charge in [-0.3, -0.25) is 4.79 Å². The van der Waals surface area contributed by atoms with Crippen LogP contribution < -0.4 is 5.32 Å². The van der Waals surface area contributed by atoms with Crippen molar-refractivity contribution in [1.29, 1.82) is 0 Å². The van der Waals surface area contributed by atoms with Crippen molar-refractivity contribution in [3.63, 3.8) is 0 Å². The standard InChI is InChI=1S/C16H23ClN2O/c1-11(2)14-9-12(10-15(17)19-14)16(20)18-13-7-5-3-4-6-8-13/h9-11,13H,3-8H2,1-2H3,(H,18,20). The molecule has 3 nitrogen and oxygen atoms in total. The van der Waals surface area contributed by atoms with Gasteiger partial charge in [-0.15, -0.1) is 0 Å². The van der Waals surface area contributed by atoms with Crippen molar-refractivity contribution in [1.82, 2.24) is 10.3 Å². The Morgan fingerprint density at radius 1 is 1.25 bits per heavy atom. The molecule has 1 N–H and O–H groups in total. The monoisotopic (exact) mass is 294 g/mol. The fourth-order valence-corrected chi connectivity index (χ4v) is 2.85. The van der Waals surface area contributed by atoms with Crippen LogP contribution in [0.4, 0.5) is 0 Å². The maximum Gasteiger partial charge on any atom is 0.251 e. The number of hydrogen-bond acceptors (Lipinski definition) is 2. The van der Waals surface area contributed by atoms with Crippen molar-refractivity contribution in [2.24, 2.45) is 0 Å². The minimum absolute atomic E-state index is 0.0249. The molecule has 1 aromatic rings. The largest absolute Gasteiger partial charge is 0.349 e. The van der Waals surface area contributed by atoms with Crippen LogP contribution in [0.5, 0.6) is 0 Å². The highest BCUT2D eigenvalue weighted by atomic mass is 35.5. The average Bonchev–Trinajstić information content (AvgIpc) is 2.66. The molecule has 0 radical (unpaired) electrons. The molecular formula is C16H23ClN2O. The zero-order valence-electron chi connectivity index (χ0n) is 12.3. The smallest absolute Gasteiger partial charge is 0.251 e. The van der Waals surface area contributed by atoms with Crippen molar-refractivity contribution >= 4 is 17.5 Å². The van der Waals surface area contributed by atoms with Gasteiger partial charge in [-0.05, 0) is 30.9 Å². The summed E-state index contributed by atoms with van der Waals surface area (Å²) in [6.45, 7) is 4.09. The van der Waals surface area contributed by atoms with Crippen molar-refractivity contribution in [2.75, 3.05) is 0 Å². The summed E-state index contributed by atoms with van der Waals surface area (Å²) in [4.78, 5) is 16.6. The predicted molar refractivity (Wildman–Crippen MR) is 82.3 cm³/mol. The zero-order chi connectivity index (χ0) is 14.5. The minimum Gasteiger partial charge on any atom is -0.349 e. The van der Waals surface area contributed by atoms with Crippen LogP contribution >= 0.6 is 11.6 Å². The molecule has 0 aliphatic heterocycles. The number of rotatable bonds is 3. The number of amides is 1. The lowest BCUT2D eigenvalue weighted by Crippen LogP contribution is -2.34. The van der Waals surface area contributed by atoms with Crippen molar-refractivity contribution in [2.45, 2.75) is 64.3 Å². The third-order valence-electron chi connectivity index (χ3n) is 3.86. The molecule has 2 rings (SSSR count). The summed E-state index contributed by atoms with van der Waals surface area (Å²) in [6, 6.07) is 3.81. The van der Waals surface area contributed by atoms with E-state index < -0.39 is 0 Å². The third-order valence-corrected chi connectivity index (χ3v) is 4.05. The Morgan fingerprint density at radius 2 is 1.90 bits per heavy atom. The van der Waals surface area contributed by atoms with E-state index in [4.69, 9.17) is 11.6 Å². The topological polar surface area (TPSA) is 42.0 Å². The van der Waals surface area contributed by atoms with E-state index in [1.54, 1.807) is 6.07 Å². The van der Waals surface area contributed by atoms with Gasteiger partial charge in [0.15, 0.2) is 0 Å². The Bertz CT molecular complexity index is 466. The molecule has 0 bridgehead atoms. The predicted octanol–water partition coefficient (Wildman–Crippen LogP) is 4.31. The Kier molecular flexibility index (Phi) is 5.41. The summed E-state index contributed by atoms with van der Waals surface area (Å²) in [6.07, 6.45) is 7.15. The van der Waals surface area contributed by atoms with Gasteiger partial charge in [0.05, 0.1) is 0 Å². The maximum absolute atomic E-state index is 12.4. The fourth-order valence-electron chi connectivity index (χ4n) is 2.64. The highest BCUT2D eigenvalue weighted by molar-refractivity contribution is 6.29. The van der Waals surface area contributed by atoms with Gasteiger partial charge in [-0.1, -0.05) is 51.1 Å². The molecule has 0 aromatic carbocycles. The zero-order valence-corrected chi connectivity index (χ0v) is 13.0. The minimum atomic E-state index is -0.0249. The van der Waals surface area contributed by atoms with Crippen LogP contribution in [-0.4, -0.2) is 16.9 Å². The number of carbonyl (C=O) groups is 1. The first kappa shape index (κ1) is 15.3. The molecule has 20 heavy (non-hydrogen) atoms. The average molecular weight is 295 g/mol. The van der Waals surface area contributed by atoms with Crippen LogP contribution in [0.15, 0.2) is 12.1 Å². The second kappa shape index (κ2) is 7.07. The fraction of sp³-hybridized carbons (Fsp3) is 0.625. The first-order valence-electron chi connectivity index (χ1n) is 7.54. The highest BCUT2D eigenvalue weighted by Gasteiger charge is 2.17. The lowest BCUT2D eigenvalue weighted by Gasteiger charge is -2.17. The normalized spacial score (nSPS) is 17.0. The summed E-state index contributed by atoms with van der Waals surface area (Å²) < 4.78 is 0. The molecular weight excluding hydrogens is 272 g/mol. The van der Waals surface area contributed by atoms with E-state index in [2.05, 4.69) is 10.3 Å². The van der Waals surface area contributed by atoms with E-state index in [-0.39, 0.29) is 11.8 Å². The van der Waals surface area contributed by atoms with Gasteiger partial charge in [0, 0.05) is 17.3 Å². The van der Waals surface area contributed by atoms with Gasteiger partial charge in [0.2, 0.25) is 0 Å². The number of hydrogen-bond donors (Lipinski definition) is 1. The van der Waals surface area contributed by atoms with Crippen LogP contribution in [0.2, 0.25) is 5.15 Å². The molecule has 0 atom stereocenters. The second-order valence-corrected chi connectivity index (χ2v) is 6.31. The van der Waals surface area contributed by atoms with Crippen LogP contribution in [0, 0.1) is 0 Å². The van der Waals surface area contributed by atoms with Gasteiger partial charge in [0.1, 0.15) is 5.15 Å². The summed E-state index contributed by atoms with van der Waals surface area (Å²) in [7, 11) is 0. The lowest BCUT2D eigenvalue weighted by molar-refractivity contribution is 0.0933. The van der Waals surface area contributed by atoms with Gasteiger partial charge < -0.3 is 5.32 Å². The molecule has 1 fully saturated rings.